The van der Waals surface area contributed by atoms with Gasteiger partial charge in [0.15, 0.2) is 24.4 Å². The molecule has 0 atom stereocenters. The molecule has 1 fully saturated rings. The molecule has 0 bridgehead atoms. The maximum atomic E-state index is 12.6. The van der Waals surface area contributed by atoms with E-state index < -0.39 is 0 Å². The Hall–Kier alpha value is -2.09. The van der Waals surface area contributed by atoms with Gasteiger partial charge in [-0.25, -0.2) is 0 Å². The lowest BCUT2D eigenvalue weighted by Gasteiger charge is -2.34. The Morgan fingerprint density at radius 2 is 1.86 bits per heavy atom. The number of halogens is 2. The summed E-state index contributed by atoms with van der Waals surface area (Å²) < 4.78 is 11.6. The molecule has 1 aliphatic heterocycles. The molecule has 0 aromatic heterocycles. The van der Waals surface area contributed by atoms with Gasteiger partial charge in [0.2, 0.25) is 0 Å². The molecule has 1 heterocycles. The normalized spacial score (nSPS) is 14.5. The summed E-state index contributed by atoms with van der Waals surface area (Å²) >= 11 is 9.25. The number of piperazine rings is 1. The first-order chi connectivity index (χ1) is 14.0. The molecule has 0 spiro atoms. The maximum absolute atomic E-state index is 12.6. The molecule has 6 nitrogen and oxygen atoms in total. The van der Waals surface area contributed by atoms with Crippen LogP contribution in [0.25, 0.3) is 0 Å². The number of hydrogen-bond donors (Lipinski definition) is 0. The average Bonchev–Trinajstić information content (AvgIpc) is 2.74. The molecule has 0 N–H and O–H groups in total. The Labute approximate surface area is 183 Å². The molecular formula is C21H22BrClN2O4. The van der Waals surface area contributed by atoms with Crippen LogP contribution in [0.3, 0.4) is 0 Å². The van der Waals surface area contributed by atoms with Crippen molar-refractivity contribution in [2.45, 2.75) is 6.54 Å². The van der Waals surface area contributed by atoms with Crippen molar-refractivity contribution < 1.29 is 19.1 Å². The number of aldehydes is 1. The Bertz CT molecular complexity index is 868. The molecule has 8 heteroatoms. The predicted octanol–water partition coefficient (Wildman–Crippen LogP) is 3.65. The third-order valence-corrected chi connectivity index (χ3v) is 5.49. The molecule has 0 unspecified atom stereocenters. The van der Waals surface area contributed by atoms with Crippen LogP contribution in [0.2, 0.25) is 5.02 Å². The number of amides is 1. The van der Waals surface area contributed by atoms with Crippen LogP contribution >= 0.6 is 27.5 Å². The molecule has 0 radical (unpaired) electrons. The van der Waals surface area contributed by atoms with Gasteiger partial charge in [-0.15, -0.1) is 0 Å². The van der Waals surface area contributed by atoms with Gasteiger partial charge in [-0.3, -0.25) is 14.5 Å². The SMILES string of the molecule is COc1cc(Br)cc(C=O)c1OCC(=O)N1CCN(Cc2ccc(Cl)cc2)CC1. The molecule has 0 saturated carbocycles. The van der Waals surface area contributed by atoms with E-state index in [1.807, 2.05) is 24.3 Å². The fraction of sp³-hybridized carbons (Fsp3) is 0.333. The highest BCUT2D eigenvalue weighted by Crippen LogP contribution is 2.34. The predicted molar refractivity (Wildman–Crippen MR) is 115 cm³/mol. The lowest BCUT2D eigenvalue weighted by Crippen LogP contribution is -2.49. The number of nitrogens with zero attached hydrogens (tertiary/aromatic N) is 2. The van der Waals surface area contributed by atoms with E-state index in [-0.39, 0.29) is 18.3 Å². The van der Waals surface area contributed by atoms with Crippen molar-refractivity contribution in [3.8, 4) is 11.5 Å². The number of carbonyl (C=O) groups is 2. The average molecular weight is 482 g/mol. The van der Waals surface area contributed by atoms with Crippen LogP contribution in [0.15, 0.2) is 40.9 Å². The number of benzene rings is 2. The Balaban J connectivity index is 1.53. The van der Waals surface area contributed by atoms with Crippen LogP contribution in [0.1, 0.15) is 15.9 Å². The monoisotopic (exact) mass is 480 g/mol. The number of methoxy groups -OCH3 is 1. The van der Waals surface area contributed by atoms with Gasteiger partial charge < -0.3 is 14.4 Å². The third-order valence-electron chi connectivity index (χ3n) is 4.78. The lowest BCUT2D eigenvalue weighted by molar-refractivity contribution is -0.135. The highest BCUT2D eigenvalue weighted by atomic mass is 79.9. The van der Waals surface area contributed by atoms with E-state index in [4.69, 9.17) is 21.1 Å². The molecule has 29 heavy (non-hydrogen) atoms. The van der Waals surface area contributed by atoms with Gasteiger partial charge in [-0.05, 0) is 29.8 Å². The summed E-state index contributed by atoms with van der Waals surface area (Å²) in [4.78, 5) is 28.0. The highest BCUT2D eigenvalue weighted by molar-refractivity contribution is 9.10. The lowest BCUT2D eigenvalue weighted by atomic mass is 10.2. The first-order valence-corrected chi connectivity index (χ1v) is 10.4. The fourth-order valence-electron chi connectivity index (χ4n) is 3.21. The van der Waals surface area contributed by atoms with E-state index in [0.29, 0.717) is 35.2 Å². The second-order valence-corrected chi connectivity index (χ2v) is 8.07. The molecule has 2 aromatic carbocycles. The number of rotatable bonds is 7. The molecule has 2 aromatic rings. The van der Waals surface area contributed by atoms with Gasteiger partial charge in [-0.2, -0.15) is 0 Å². The van der Waals surface area contributed by atoms with Crippen LogP contribution < -0.4 is 9.47 Å². The van der Waals surface area contributed by atoms with Crippen molar-refractivity contribution in [1.82, 2.24) is 9.80 Å². The molecule has 3 rings (SSSR count). The van der Waals surface area contributed by atoms with Gasteiger partial charge in [0, 0.05) is 42.2 Å². The molecular weight excluding hydrogens is 460 g/mol. The number of carbonyl (C=O) groups excluding carboxylic acids is 2. The van der Waals surface area contributed by atoms with E-state index >= 15 is 0 Å². The van der Waals surface area contributed by atoms with Crippen LogP contribution in [-0.4, -0.2) is 61.9 Å². The molecule has 0 aliphatic carbocycles. The smallest absolute Gasteiger partial charge is 0.260 e. The maximum Gasteiger partial charge on any atom is 0.260 e. The summed E-state index contributed by atoms with van der Waals surface area (Å²) in [5, 5.41) is 0.726. The van der Waals surface area contributed by atoms with Crippen LogP contribution in [0, 0.1) is 0 Å². The zero-order valence-corrected chi connectivity index (χ0v) is 18.4. The topological polar surface area (TPSA) is 59.1 Å². The third kappa shape index (κ3) is 5.72. The largest absolute Gasteiger partial charge is 0.493 e. The van der Waals surface area contributed by atoms with Crippen LogP contribution in [0.5, 0.6) is 11.5 Å². The molecule has 1 saturated heterocycles. The summed E-state index contributed by atoms with van der Waals surface area (Å²) in [5.74, 6) is 0.570. The summed E-state index contributed by atoms with van der Waals surface area (Å²) in [6, 6.07) is 11.1. The molecule has 1 aliphatic rings. The van der Waals surface area contributed by atoms with Crippen molar-refractivity contribution in [2.75, 3.05) is 39.9 Å². The number of ether oxygens (including phenoxy) is 2. The van der Waals surface area contributed by atoms with E-state index in [1.54, 1.807) is 17.0 Å². The minimum absolute atomic E-state index is 0.113. The van der Waals surface area contributed by atoms with Crippen molar-refractivity contribution in [1.29, 1.82) is 0 Å². The quantitative estimate of drug-likeness (QED) is 0.565. The minimum Gasteiger partial charge on any atom is -0.493 e. The van der Waals surface area contributed by atoms with Crippen molar-refractivity contribution >= 4 is 39.7 Å². The van der Waals surface area contributed by atoms with E-state index in [2.05, 4.69) is 20.8 Å². The van der Waals surface area contributed by atoms with E-state index in [9.17, 15) is 9.59 Å². The first-order valence-electron chi connectivity index (χ1n) is 9.20. The van der Waals surface area contributed by atoms with Gasteiger partial charge in [0.25, 0.3) is 5.91 Å². The first kappa shape index (κ1) is 21.6. The van der Waals surface area contributed by atoms with Crippen molar-refractivity contribution in [3.63, 3.8) is 0 Å². The summed E-state index contributed by atoms with van der Waals surface area (Å²) in [7, 11) is 1.49. The highest BCUT2D eigenvalue weighted by Gasteiger charge is 2.22. The Morgan fingerprint density at radius 3 is 2.48 bits per heavy atom. The Morgan fingerprint density at radius 1 is 1.17 bits per heavy atom. The summed E-state index contributed by atoms with van der Waals surface area (Å²) in [6.07, 6.45) is 0.683. The van der Waals surface area contributed by atoms with Crippen molar-refractivity contribution in [3.05, 3.63) is 57.0 Å². The van der Waals surface area contributed by atoms with Gasteiger partial charge in [0.1, 0.15) is 0 Å². The second kappa shape index (κ2) is 10.1. The molecule has 1 amide bonds. The number of hydrogen-bond acceptors (Lipinski definition) is 5. The van der Waals surface area contributed by atoms with Gasteiger partial charge in [0.05, 0.1) is 12.7 Å². The van der Waals surface area contributed by atoms with E-state index in [0.717, 1.165) is 24.7 Å². The Kier molecular flexibility index (Phi) is 7.52. The van der Waals surface area contributed by atoms with Crippen LogP contribution in [0.4, 0.5) is 0 Å². The van der Waals surface area contributed by atoms with Crippen molar-refractivity contribution in [2.24, 2.45) is 0 Å². The summed E-state index contributed by atoms with van der Waals surface area (Å²) in [6.45, 7) is 3.53. The summed E-state index contributed by atoms with van der Waals surface area (Å²) in [5.41, 5.74) is 1.53. The second-order valence-electron chi connectivity index (χ2n) is 6.72. The zero-order valence-electron chi connectivity index (χ0n) is 16.1. The van der Waals surface area contributed by atoms with Crippen LogP contribution in [-0.2, 0) is 11.3 Å². The molecule has 154 valence electrons. The fourth-order valence-corrected chi connectivity index (χ4v) is 3.79. The van der Waals surface area contributed by atoms with E-state index in [1.165, 1.54) is 12.7 Å². The zero-order chi connectivity index (χ0) is 20.8. The standard InChI is InChI=1S/C21H22BrClN2O4/c1-28-19-11-17(22)10-16(13-26)21(19)29-14-20(27)25-8-6-24(7-9-25)12-15-2-4-18(23)5-3-15/h2-5,10-11,13H,6-9,12,14H2,1H3. The minimum atomic E-state index is -0.143. The van der Waals surface area contributed by atoms with Gasteiger partial charge >= 0.3 is 0 Å². The van der Waals surface area contributed by atoms with Gasteiger partial charge in [-0.1, -0.05) is 39.7 Å².